The highest BCUT2D eigenvalue weighted by atomic mass is 16.2. The highest BCUT2D eigenvalue weighted by Gasteiger charge is 2.10. The number of aromatic nitrogens is 5. The Labute approximate surface area is 95.3 Å². The first-order valence-electron chi connectivity index (χ1n) is 4.93. The van der Waals surface area contributed by atoms with Crippen LogP contribution in [0.2, 0.25) is 0 Å². The number of rotatable bonds is 2. The van der Waals surface area contributed by atoms with E-state index in [4.69, 9.17) is 0 Å². The molecule has 1 aromatic carbocycles. The number of H-pyrrole nitrogens is 2. The van der Waals surface area contributed by atoms with Gasteiger partial charge in [-0.2, -0.15) is 10.2 Å². The number of hydrogen-bond acceptors (Lipinski definition) is 4. The van der Waals surface area contributed by atoms with Gasteiger partial charge in [0.05, 0.1) is 17.4 Å². The Hall–Kier alpha value is -2.70. The lowest BCUT2D eigenvalue weighted by Gasteiger charge is -2.03. The van der Waals surface area contributed by atoms with Crippen LogP contribution in [-0.4, -0.2) is 31.3 Å². The zero-order chi connectivity index (χ0) is 11.7. The minimum atomic E-state index is -0.337. The van der Waals surface area contributed by atoms with Crippen molar-refractivity contribution in [1.82, 2.24) is 25.4 Å². The van der Waals surface area contributed by atoms with E-state index in [0.717, 1.165) is 10.9 Å². The van der Waals surface area contributed by atoms with Crippen molar-refractivity contribution in [3.05, 3.63) is 36.5 Å². The maximum Gasteiger partial charge on any atom is 0.292 e. The third-order valence-electron chi connectivity index (χ3n) is 2.36. The molecule has 84 valence electrons. The van der Waals surface area contributed by atoms with Gasteiger partial charge in [0.2, 0.25) is 5.82 Å². The summed E-state index contributed by atoms with van der Waals surface area (Å²) in [6, 6.07) is 5.51. The molecule has 2 aromatic heterocycles. The number of amides is 1. The first-order chi connectivity index (χ1) is 8.34. The highest BCUT2D eigenvalue weighted by Crippen LogP contribution is 2.21. The van der Waals surface area contributed by atoms with Crippen LogP contribution in [-0.2, 0) is 0 Å². The number of anilines is 1. The Balaban J connectivity index is 1.95. The van der Waals surface area contributed by atoms with E-state index < -0.39 is 0 Å². The molecule has 0 spiro atoms. The molecule has 0 unspecified atom stereocenters. The molecule has 7 nitrogen and oxygen atoms in total. The molecule has 0 aliphatic heterocycles. The largest absolute Gasteiger partial charge is 0.319 e. The van der Waals surface area contributed by atoms with E-state index in [1.807, 2.05) is 12.1 Å². The van der Waals surface area contributed by atoms with Gasteiger partial charge in [-0.1, -0.05) is 6.07 Å². The van der Waals surface area contributed by atoms with E-state index in [-0.39, 0.29) is 11.7 Å². The van der Waals surface area contributed by atoms with Crippen LogP contribution in [0.5, 0.6) is 0 Å². The van der Waals surface area contributed by atoms with Crippen molar-refractivity contribution in [3.63, 3.8) is 0 Å². The lowest BCUT2D eigenvalue weighted by Crippen LogP contribution is -2.13. The first-order valence-corrected chi connectivity index (χ1v) is 4.93. The summed E-state index contributed by atoms with van der Waals surface area (Å²) >= 11 is 0. The fourth-order valence-corrected chi connectivity index (χ4v) is 1.57. The van der Waals surface area contributed by atoms with E-state index in [2.05, 4.69) is 30.7 Å². The molecule has 0 radical (unpaired) electrons. The number of nitrogens with one attached hydrogen (secondary N) is 3. The molecular weight excluding hydrogens is 220 g/mol. The molecule has 0 fully saturated rings. The molecule has 0 saturated carbocycles. The van der Waals surface area contributed by atoms with Gasteiger partial charge in [0.25, 0.3) is 5.91 Å². The lowest BCUT2D eigenvalue weighted by molar-refractivity contribution is 0.101. The maximum absolute atomic E-state index is 11.8. The van der Waals surface area contributed by atoms with Gasteiger partial charge in [0, 0.05) is 5.39 Å². The zero-order valence-corrected chi connectivity index (χ0v) is 8.64. The molecule has 3 aromatic rings. The second kappa shape index (κ2) is 3.71. The molecule has 0 saturated heterocycles. The Morgan fingerprint density at radius 2 is 2.18 bits per heavy atom. The van der Waals surface area contributed by atoms with E-state index in [1.165, 1.54) is 6.33 Å². The Kier molecular flexibility index (Phi) is 2.08. The molecule has 0 bridgehead atoms. The van der Waals surface area contributed by atoms with Crippen molar-refractivity contribution in [1.29, 1.82) is 0 Å². The SMILES string of the molecule is O=C(Nc1cccc2[nH]ncc12)c1ncn[nH]1. The topological polar surface area (TPSA) is 99.3 Å². The number of benzene rings is 1. The normalized spacial score (nSPS) is 10.6. The van der Waals surface area contributed by atoms with Crippen molar-refractivity contribution in [3.8, 4) is 0 Å². The van der Waals surface area contributed by atoms with Crippen LogP contribution in [0, 0.1) is 0 Å². The summed E-state index contributed by atoms with van der Waals surface area (Å²) in [4.78, 5) is 15.5. The summed E-state index contributed by atoms with van der Waals surface area (Å²) in [5, 5.41) is 16.5. The van der Waals surface area contributed by atoms with Crippen LogP contribution < -0.4 is 5.32 Å². The smallest absolute Gasteiger partial charge is 0.292 e. The predicted octanol–water partition coefficient (Wildman–Crippen LogP) is 0.933. The van der Waals surface area contributed by atoms with Gasteiger partial charge < -0.3 is 5.32 Å². The fourth-order valence-electron chi connectivity index (χ4n) is 1.57. The minimum absolute atomic E-state index is 0.172. The summed E-state index contributed by atoms with van der Waals surface area (Å²) in [5.74, 6) is -0.165. The molecule has 3 rings (SSSR count). The highest BCUT2D eigenvalue weighted by molar-refractivity contribution is 6.06. The number of fused-ring (bicyclic) bond motifs is 1. The second-order valence-corrected chi connectivity index (χ2v) is 3.43. The quantitative estimate of drug-likeness (QED) is 0.607. The van der Waals surface area contributed by atoms with Gasteiger partial charge >= 0.3 is 0 Å². The Morgan fingerprint density at radius 3 is 3.00 bits per heavy atom. The van der Waals surface area contributed by atoms with Crippen LogP contribution in [0.25, 0.3) is 10.9 Å². The van der Waals surface area contributed by atoms with Crippen LogP contribution in [0.4, 0.5) is 5.69 Å². The van der Waals surface area contributed by atoms with Gasteiger partial charge in [-0.25, -0.2) is 4.98 Å². The zero-order valence-electron chi connectivity index (χ0n) is 8.64. The minimum Gasteiger partial charge on any atom is -0.319 e. The van der Waals surface area contributed by atoms with E-state index in [1.54, 1.807) is 12.3 Å². The van der Waals surface area contributed by atoms with Gasteiger partial charge in [-0.05, 0) is 12.1 Å². The molecular formula is C10H8N6O. The molecule has 2 heterocycles. The van der Waals surface area contributed by atoms with Gasteiger partial charge in [-0.3, -0.25) is 15.0 Å². The molecule has 0 aliphatic carbocycles. The number of carbonyl (C=O) groups excluding carboxylic acids is 1. The van der Waals surface area contributed by atoms with Gasteiger partial charge in [0.15, 0.2) is 0 Å². The summed E-state index contributed by atoms with van der Waals surface area (Å²) in [6.45, 7) is 0. The number of nitrogens with zero attached hydrogens (tertiary/aromatic N) is 3. The second-order valence-electron chi connectivity index (χ2n) is 3.43. The summed E-state index contributed by atoms with van der Waals surface area (Å²) in [7, 11) is 0. The lowest BCUT2D eigenvalue weighted by atomic mass is 10.2. The first kappa shape index (κ1) is 9.52. The van der Waals surface area contributed by atoms with Crippen molar-refractivity contribution >= 4 is 22.5 Å². The van der Waals surface area contributed by atoms with Crippen LogP contribution in [0.15, 0.2) is 30.7 Å². The number of carbonyl (C=O) groups is 1. The van der Waals surface area contributed by atoms with Crippen molar-refractivity contribution < 1.29 is 4.79 Å². The average Bonchev–Trinajstić information content (AvgIpc) is 3.00. The predicted molar refractivity (Wildman–Crippen MR) is 60.4 cm³/mol. The Bertz CT molecular complexity index is 656. The third kappa shape index (κ3) is 1.63. The van der Waals surface area contributed by atoms with Gasteiger partial charge in [-0.15, -0.1) is 0 Å². The molecule has 3 N–H and O–H groups in total. The van der Waals surface area contributed by atoms with Crippen LogP contribution in [0.1, 0.15) is 10.6 Å². The Morgan fingerprint density at radius 1 is 1.24 bits per heavy atom. The van der Waals surface area contributed by atoms with Crippen LogP contribution >= 0.6 is 0 Å². The monoisotopic (exact) mass is 228 g/mol. The van der Waals surface area contributed by atoms with Crippen molar-refractivity contribution in [2.75, 3.05) is 5.32 Å². The molecule has 7 heteroatoms. The van der Waals surface area contributed by atoms with E-state index >= 15 is 0 Å². The van der Waals surface area contributed by atoms with Crippen LogP contribution in [0.3, 0.4) is 0 Å². The molecule has 0 atom stereocenters. The average molecular weight is 228 g/mol. The van der Waals surface area contributed by atoms with E-state index in [9.17, 15) is 4.79 Å². The van der Waals surface area contributed by atoms with Crippen molar-refractivity contribution in [2.45, 2.75) is 0 Å². The summed E-state index contributed by atoms with van der Waals surface area (Å²) in [6.07, 6.45) is 2.94. The molecule has 17 heavy (non-hydrogen) atoms. The van der Waals surface area contributed by atoms with Gasteiger partial charge in [0.1, 0.15) is 6.33 Å². The van der Waals surface area contributed by atoms with Crippen molar-refractivity contribution in [2.24, 2.45) is 0 Å². The summed E-state index contributed by atoms with van der Waals surface area (Å²) in [5.41, 5.74) is 1.54. The molecule has 0 aliphatic rings. The number of hydrogen-bond donors (Lipinski definition) is 3. The number of aromatic amines is 2. The third-order valence-corrected chi connectivity index (χ3v) is 2.36. The van der Waals surface area contributed by atoms with E-state index in [0.29, 0.717) is 5.69 Å². The molecule has 1 amide bonds. The standard InChI is InChI=1S/C10H8N6O/c17-10(9-11-5-13-16-9)14-7-2-1-3-8-6(7)4-12-15-8/h1-5H,(H,12,15)(H,14,17)(H,11,13,16). The maximum atomic E-state index is 11.8. The summed E-state index contributed by atoms with van der Waals surface area (Å²) < 4.78 is 0. The fraction of sp³-hybridized carbons (Fsp3) is 0.